The largest absolute Gasteiger partial charge is 0.497 e. The zero-order valence-electron chi connectivity index (χ0n) is 13.4. The van der Waals surface area contributed by atoms with Gasteiger partial charge in [-0.25, -0.2) is 0 Å². The zero-order valence-corrected chi connectivity index (χ0v) is 14.2. The molecule has 1 rings (SSSR count). The van der Waals surface area contributed by atoms with Crippen LogP contribution >= 0.6 is 11.6 Å². The molecule has 5 nitrogen and oxygen atoms in total. The van der Waals surface area contributed by atoms with E-state index in [0.717, 1.165) is 0 Å². The van der Waals surface area contributed by atoms with Crippen molar-refractivity contribution in [1.82, 2.24) is 10.6 Å². The van der Waals surface area contributed by atoms with E-state index in [1.54, 1.807) is 31.4 Å². The number of halogens is 1. The fraction of sp³-hybridized carbons (Fsp3) is 0.500. The molecule has 1 aromatic rings. The van der Waals surface area contributed by atoms with Crippen molar-refractivity contribution in [2.45, 2.75) is 38.1 Å². The fourth-order valence-electron chi connectivity index (χ4n) is 1.79. The lowest BCUT2D eigenvalue weighted by atomic mass is 10.1. The molecule has 1 atom stereocenters. The number of amides is 2. The Morgan fingerprint density at radius 1 is 1.23 bits per heavy atom. The van der Waals surface area contributed by atoms with Gasteiger partial charge in [0, 0.05) is 18.5 Å². The summed E-state index contributed by atoms with van der Waals surface area (Å²) in [6, 6.07) is 6.97. The minimum absolute atomic E-state index is 0.108. The van der Waals surface area contributed by atoms with Gasteiger partial charge in [-0.2, -0.15) is 0 Å². The lowest BCUT2D eigenvalue weighted by Gasteiger charge is -2.20. The molecule has 0 saturated heterocycles. The quantitative estimate of drug-likeness (QED) is 0.789. The van der Waals surface area contributed by atoms with Gasteiger partial charge in [0.05, 0.1) is 7.11 Å². The molecule has 22 heavy (non-hydrogen) atoms. The molecule has 0 saturated carbocycles. The Balaban J connectivity index is 2.42. The number of ether oxygens (including phenoxy) is 1. The summed E-state index contributed by atoms with van der Waals surface area (Å²) in [5, 5.41) is 4.70. The first kappa shape index (κ1) is 18.3. The highest BCUT2D eigenvalue weighted by Gasteiger charge is 2.18. The van der Waals surface area contributed by atoms with Gasteiger partial charge in [0.1, 0.15) is 11.1 Å². The van der Waals surface area contributed by atoms with Crippen LogP contribution in [0.15, 0.2) is 24.3 Å². The van der Waals surface area contributed by atoms with Crippen LogP contribution in [0.1, 0.15) is 38.1 Å². The van der Waals surface area contributed by atoms with Crippen LogP contribution in [0.3, 0.4) is 0 Å². The molecule has 0 aliphatic carbocycles. The second kappa shape index (κ2) is 8.03. The van der Waals surface area contributed by atoms with E-state index in [1.165, 1.54) is 0 Å². The molecule has 1 aromatic carbocycles. The SMILES string of the molecule is COc1ccc(C(Cl)C(=O)NCCC(=O)NC(C)(C)C)cc1. The van der Waals surface area contributed by atoms with Crippen LogP contribution in [0.2, 0.25) is 0 Å². The van der Waals surface area contributed by atoms with Gasteiger partial charge in [-0.1, -0.05) is 12.1 Å². The van der Waals surface area contributed by atoms with Gasteiger partial charge >= 0.3 is 0 Å². The molecule has 0 bridgehead atoms. The molecular formula is C16H23ClN2O3. The summed E-state index contributed by atoms with van der Waals surface area (Å²) in [4.78, 5) is 23.6. The van der Waals surface area contributed by atoms with E-state index in [2.05, 4.69) is 10.6 Å². The third kappa shape index (κ3) is 6.35. The summed E-state index contributed by atoms with van der Waals surface area (Å²) in [6.07, 6.45) is 0.217. The molecule has 0 aliphatic rings. The Morgan fingerprint density at radius 3 is 2.32 bits per heavy atom. The van der Waals surface area contributed by atoms with Crippen LogP contribution in [0.25, 0.3) is 0 Å². The third-order valence-electron chi connectivity index (χ3n) is 2.80. The number of methoxy groups -OCH3 is 1. The molecule has 1 unspecified atom stereocenters. The molecule has 2 amide bonds. The summed E-state index contributed by atoms with van der Waals surface area (Å²) >= 11 is 6.12. The molecule has 0 fully saturated rings. The Morgan fingerprint density at radius 2 is 1.82 bits per heavy atom. The van der Waals surface area contributed by atoms with Crippen molar-refractivity contribution in [3.63, 3.8) is 0 Å². The van der Waals surface area contributed by atoms with Crippen molar-refractivity contribution in [3.05, 3.63) is 29.8 Å². The van der Waals surface area contributed by atoms with Crippen molar-refractivity contribution in [2.24, 2.45) is 0 Å². The summed E-state index contributed by atoms with van der Waals surface area (Å²) in [5.74, 6) is 0.269. The number of carbonyl (C=O) groups excluding carboxylic acids is 2. The Labute approximate surface area is 136 Å². The minimum atomic E-state index is -0.795. The lowest BCUT2D eigenvalue weighted by molar-refractivity contribution is -0.123. The summed E-state index contributed by atoms with van der Waals surface area (Å²) in [7, 11) is 1.57. The summed E-state index contributed by atoms with van der Waals surface area (Å²) in [6.45, 7) is 5.96. The van der Waals surface area contributed by atoms with E-state index in [9.17, 15) is 9.59 Å². The summed E-state index contributed by atoms with van der Waals surface area (Å²) in [5.41, 5.74) is 0.401. The third-order valence-corrected chi connectivity index (χ3v) is 3.25. The van der Waals surface area contributed by atoms with Gasteiger partial charge in [-0.05, 0) is 38.5 Å². The van der Waals surface area contributed by atoms with Gasteiger partial charge in [0.2, 0.25) is 11.8 Å². The van der Waals surface area contributed by atoms with Crippen LogP contribution in [0, 0.1) is 0 Å². The van der Waals surface area contributed by atoms with Crippen LogP contribution in [-0.2, 0) is 9.59 Å². The number of alkyl halides is 1. The van der Waals surface area contributed by atoms with E-state index in [0.29, 0.717) is 11.3 Å². The normalized spacial score (nSPS) is 12.4. The Hall–Kier alpha value is -1.75. The Kier molecular flexibility index (Phi) is 6.68. The van der Waals surface area contributed by atoms with E-state index >= 15 is 0 Å². The standard InChI is InChI=1S/C16H23ClN2O3/c1-16(2,3)19-13(20)9-10-18-15(21)14(17)11-5-7-12(22-4)8-6-11/h5-8,14H,9-10H2,1-4H3,(H,18,21)(H,19,20). The van der Waals surface area contributed by atoms with Gasteiger partial charge < -0.3 is 15.4 Å². The van der Waals surface area contributed by atoms with E-state index < -0.39 is 5.38 Å². The maximum absolute atomic E-state index is 12.0. The smallest absolute Gasteiger partial charge is 0.242 e. The average Bonchev–Trinajstić information content (AvgIpc) is 2.44. The number of rotatable bonds is 6. The first-order valence-corrected chi connectivity index (χ1v) is 7.53. The maximum Gasteiger partial charge on any atom is 0.242 e. The van der Waals surface area contributed by atoms with Gasteiger partial charge in [0.15, 0.2) is 0 Å². The van der Waals surface area contributed by atoms with E-state index in [-0.39, 0.29) is 30.3 Å². The average molecular weight is 327 g/mol. The van der Waals surface area contributed by atoms with Crippen LogP contribution < -0.4 is 15.4 Å². The highest BCUT2D eigenvalue weighted by molar-refractivity contribution is 6.30. The van der Waals surface area contributed by atoms with Crippen molar-refractivity contribution in [3.8, 4) is 5.75 Å². The number of hydrogen-bond donors (Lipinski definition) is 2. The van der Waals surface area contributed by atoms with Crippen LogP contribution in [0.5, 0.6) is 5.75 Å². The highest BCUT2D eigenvalue weighted by atomic mass is 35.5. The van der Waals surface area contributed by atoms with E-state index in [1.807, 2.05) is 20.8 Å². The molecule has 0 heterocycles. The molecule has 0 spiro atoms. The van der Waals surface area contributed by atoms with Crippen molar-refractivity contribution >= 4 is 23.4 Å². The molecular weight excluding hydrogens is 304 g/mol. The fourth-order valence-corrected chi connectivity index (χ4v) is 2.02. The number of carbonyl (C=O) groups is 2. The predicted molar refractivity (Wildman–Crippen MR) is 87.1 cm³/mol. The maximum atomic E-state index is 12.0. The second-order valence-corrected chi connectivity index (χ2v) is 6.41. The molecule has 2 N–H and O–H groups in total. The monoisotopic (exact) mass is 326 g/mol. The van der Waals surface area contributed by atoms with Crippen LogP contribution in [-0.4, -0.2) is 31.0 Å². The number of benzene rings is 1. The van der Waals surface area contributed by atoms with Crippen molar-refractivity contribution < 1.29 is 14.3 Å². The minimum Gasteiger partial charge on any atom is -0.497 e. The topological polar surface area (TPSA) is 67.4 Å². The lowest BCUT2D eigenvalue weighted by Crippen LogP contribution is -2.42. The number of nitrogens with one attached hydrogen (secondary N) is 2. The predicted octanol–water partition coefficient (Wildman–Crippen LogP) is 2.40. The van der Waals surface area contributed by atoms with Crippen molar-refractivity contribution in [1.29, 1.82) is 0 Å². The molecule has 0 radical (unpaired) electrons. The van der Waals surface area contributed by atoms with Crippen molar-refractivity contribution in [2.75, 3.05) is 13.7 Å². The molecule has 6 heteroatoms. The van der Waals surface area contributed by atoms with Gasteiger partial charge in [-0.3, -0.25) is 9.59 Å². The van der Waals surface area contributed by atoms with Gasteiger partial charge in [0.25, 0.3) is 0 Å². The first-order chi connectivity index (χ1) is 10.2. The van der Waals surface area contributed by atoms with E-state index in [4.69, 9.17) is 16.3 Å². The summed E-state index contributed by atoms with van der Waals surface area (Å²) < 4.78 is 5.05. The molecule has 0 aliphatic heterocycles. The first-order valence-electron chi connectivity index (χ1n) is 7.09. The van der Waals surface area contributed by atoms with Gasteiger partial charge in [-0.15, -0.1) is 11.6 Å². The number of hydrogen-bond acceptors (Lipinski definition) is 3. The zero-order chi connectivity index (χ0) is 16.8. The second-order valence-electron chi connectivity index (χ2n) is 5.97. The highest BCUT2D eigenvalue weighted by Crippen LogP contribution is 2.22. The molecule has 0 aromatic heterocycles. The molecule has 122 valence electrons. The Bertz CT molecular complexity index is 509. The van der Waals surface area contributed by atoms with Crippen LogP contribution in [0.4, 0.5) is 0 Å².